The second-order valence-corrected chi connectivity index (χ2v) is 6.35. The zero-order chi connectivity index (χ0) is 17.1. The van der Waals surface area contributed by atoms with Crippen LogP contribution < -0.4 is 10.6 Å². The van der Waals surface area contributed by atoms with Crippen LogP contribution in [0, 0.1) is 5.82 Å². The van der Waals surface area contributed by atoms with E-state index in [9.17, 15) is 14.0 Å². The van der Waals surface area contributed by atoms with Crippen molar-refractivity contribution in [1.82, 2.24) is 15.1 Å². The molecule has 6 nitrogen and oxygen atoms in total. The largest absolute Gasteiger partial charge is 0.348 e. The Hall–Kier alpha value is -2.35. The summed E-state index contributed by atoms with van der Waals surface area (Å²) in [5.74, 6) is 0.170. The fourth-order valence-electron chi connectivity index (χ4n) is 2.39. The van der Waals surface area contributed by atoms with Gasteiger partial charge in [0.05, 0.1) is 11.4 Å². The second kappa shape index (κ2) is 7.04. The van der Waals surface area contributed by atoms with Crippen LogP contribution in [0.5, 0.6) is 0 Å². The Labute approximate surface area is 142 Å². The van der Waals surface area contributed by atoms with Gasteiger partial charge in [0, 0.05) is 23.6 Å². The van der Waals surface area contributed by atoms with Crippen molar-refractivity contribution in [2.24, 2.45) is 0 Å². The molecule has 24 heavy (non-hydrogen) atoms. The summed E-state index contributed by atoms with van der Waals surface area (Å²) in [7, 11) is 0. The van der Waals surface area contributed by atoms with Gasteiger partial charge in [-0.05, 0) is 30.7 Å². The first kappa shape index (κ1) is 16.5. The van der Waals surface area contributed by atoms with E-state index >= 15 is 0 Å². The van der Waals surface area contributed by atoms with Crippen LogP contribution in [0.3, 0.4) is 0 Å². The highest BCUT2D eigenvalue weighted by Crippen LogP contribution is 2.36. The Morgan fingerprint density at radius 1 is 1.25 bits per heavy atom. The van der Waals surface area contributed by atoms with Gasteiger partial charge >= 0.3 is 11.8 Å². The summed E-state index contributed by atoms with van der Waals surface area (Å²) in [6.45, 7) is 2.35. The predicted molar refractivity (Wildman–Crippen MR) is 90.5 cm³/mol. The van der Waals surface area contributed by atoms with Gasteiger partial charge in [0.25, 0.3) is 0 Å². The van der Waals surface area contributed by atoms with E-state index in [0.717, 1.165) is 23.4 Å². The van der Waals surface area contributed by atoms with Crippen molar-refractivity contribution in [1.29, 1.82) is 0 Å². The Morgan fingerprint density at radius 2 is 2.00 bits per heavy atom. The molecule has 1 aliphatic heterocycles. The molecule has 2 N–H and O–H groups in total. The molecule has 0 unspecified atom stereocenters. The van der Waals surface area contributed by atoms with Gasteiger partial charge in [0.15, 0.2) is 0 Å². The summed E-state index contributed by atoms with van der Waals surface area (Å²) in [5, 5.41) is 9.69. The molecule has 2 heterocycles. The van der Waals surface area contributed by atoms with Crippen LogP contribution in [0.25, 0.3) is 5.69 Å². The van der Waals surface area contributed by atoms with Crippen LogP contribution in [0.15, 0.2) is 24.3 Å². The Balaban J connectivity index is 1.90. The summed E-state index contributed by atoms with van der Waals surface area (Å²) < 4.78 is 14.7. The maximum Gasteiger partial charge on any atom is 0.314 e. The number of anilines is 1. The van der Waals surface area contributed by atoms with Gasteiger partial charge < -0.3 is 10.6 Å². The van der Waals surface area contributed by atoms with Crippen LogP contribution >= 0.6 is 11.8 Å². The molecule has 0 saturated heterocycles. The maximum absolute atomic E-state index is 13.1. The van der Waals surface area contributed by atoms with E-state index in [1.165, 1.54) is 12.1 Å². The summed E-state index contributed by atoms with van der Waals surface area (Å²) in [5.41, 5.74) is 2.40. The molecule has 0 saturated carbocycles. The van der Waals surface area contributed by atoms with Gasteiger partial charge in [0.1, 0.15) is 11.6 Å². The Kier molecular flexibility index (Phi) is 4.84. The fraction of sp³-hybridized carbons (Fsp3) is 0.312. The Morgan fingerprint density at radius 3 is 2.71 bits per heavy atom. The molecule has 2 aromatic rings. The van der Waals surface area contributed by atoms with Crippen LogP contribution in [0.1, 0.15) is 24.6 Å². The number of fused-ring (bicyclic) bond motifs is 1. The zero-order valence-corrected chi connectivity index (χ0v) is 14.0. The predicted octanol–water partition coefficient (Wildman–Crippen LogP) is 2.22. The first-order valence-electron chi connectivity index (χ1n) is 7.63. The number of carbonyl (C=O) groups excluding carboxylic acids is 2. The maximum atomic E-state index is 13.1. The molecule has 0 spiro atoms. The van der Waals surface area contributed by atoms with Gasteiger partial charge in [-0.25, -0.2) is 9.07 Å². The average molecular weight is 348 g/mol. The number of rotatable bonds is 4. The van der Waals surface area contributed by atoms with Crippen molar-refractivity contribution >= 4 is 29.4 Å². The molecule has 3 rings (SSSR count). The lowest BCUT2D eigenvalue weighted by atomic mass is 10.2. The minimum absolute atomic E-state index is 0.349. The zero-order valence-electron chi connectivity index (χ0n) is 13.1. The minimum Gasteiger partial charge on any atom is -0.348 e. The van der Waals surface area contributed by atoms with Crippen molar-refractivity contribution in [2.45, 2.75) is 24.9 Å². The van der Waals surface area contributed by atoms with Gasteiger partial charge in [-0.3, -0.25) is 9.59 Å². The lowest BCUT2D eigenvalue weighted by molar-refractivity contribution is -0.136. The molecule has 1 aromatic carbocycles. The van der Waals surface area contributed by atoms with Gasteiger partial charge in [-0.2, -0.15) is 16.9 Å². The van der Waals surface area contributed by atoms with Crippen molar-refractivity contribution in [3.63, 3.8) is 0 Å². The summed E-state index contributed by atoms with van der Waals surface area (Å²) in [6.07, 6.45) is 0.749. The van der Waals surface area contributed by atoms with Crippen LogP contribution in [-0.4, -0.2) is 28.1 Å². The number of hydrogen-bond donors (Lipinski definition) is 2. The minimum atomic E-state index is -0.730. The molecule has 1 aromatic heterocycles. The van der Waals surface area contributed by atoms with E-state index in [1.54, 1.807) is 28.6 Å². The summed E-state index contributed by atoms with van der Waals surface area (Å²) in [6, 6.07) is 5.82. The van der Waals surface area contributed by atoms with Crippen LogP contribution in [0.2, 0.25) is 0 Å². The van der Waals surface area contributed by atoms with Gasteiger partial charge in [0.2, 0.25) is 0 Å². The molecular weight excluding hydrogens is 331 g/mol. The second-order valence-electron chi connectivity index (χ2n) is 5.36. The third kappa shape index (κ3) is 3.28. The number of aromatic nitrogens is 2. The molecule has 0 fully saturated rings. The normalized spacial score (nSPS) is 12.8. The third-order valence-electron chi connectivity index (χ3n) is 3.60. The number of nitrogens with one attached hydrogen (secondary N) is 2. The SMILES string of the molecule is CCCNC(=O)C(=O)Nc1c2c(nn1-c1ccc(F)cc1)CSC2. The van der Waals surface area contributed by atoms with E-state index < -0.39 is 11.8 Å². The van der Waals surface area contributed by atoms with Crippen LogP contribution in [-0.2, 0) is 21.1 Å². The number of carbonyl (C=O) groups is 2. The van der Waals surface area contributed by atoms with Crippen molar-refractivity contribution in [3.05, 3.63) is 41.3 Å². The summed E-state index contributed by atoms with van der Waals surface area (Å²) >= 11 is 1.69. The van der Waals surface area contributed by atoms with Gasteiger partial charge in [-0.15, -0.1) is 0 Å². The number of nitrogens with zero attached hydrogens (tertiary/aromatic N) is 2. The molecule has 0 atom stereocenters. The van der Waals surface area contributed by atoms with Crippen molar-refractivity contribution in [3.8, 4) is 5.69 Å². The summed E-state index contributed by atoms with van der Waals surface area (Å²) in [4.78, 5) is 23.9. The quantitative estimate of drug-likeness (QED) is 0.831. The highest BCUT2D eigenvalue weighted by atomic mass is 32.2. The standard InChI is InChI=1S/C16H17FN4O2S/c1-2-7-18-15(22)16(23)19-14-12-8-24-9-13(12)20-21(14)11-5-3-10(17)4-6-11/h3-6H,2,7-9H2,1H3,(H,18,22)(H,19,23). The highest BCUT2D eigenvalue weighted by molar-refractivity contribution is 7.98. The molecule has 2 amide bonds. The number of hydrogen-bond acceptors (Lipinski definition) is 4. The molecule has 8 heteroatoms. The topological polar surface area (TPSA) is 76.0 Å². The molecule has 0 radical (unpaired) electrons. The third-order valence-corrected chi connectivity index (χ3v) is 4.57. The molecule has 1 aliphatic rings. The number of amides is 2. The van der Waals surface area contributed by atoms with E-state index in [1.807, 2.05) is 6.92 Å². The first-order valence-corrected chi connectivity index (χ1v) is 8.79. The monoisotopic (exact) mass is 348 g/mol. The number of benzene rings is 1. The van der Waals surface area contributed by atoms with Gasteiger partial charge in [-0.1, -0.05) is 6.92 Å². The number of thioether (sulfide) groups is 1. The van der Waals surface area contributed by atoms with E-state index in [4.69, 9.17) is 0 Å². The number of halogens is 1. The van der Waals surface area contributed by atoms with E-state index in [-0.39, 0.29) is 5.82 Å². The lowest BCUT2D eigenvalue weighted by Crippen LogP contribution is -2.36. The average Bonchev–Trinajstić information content (AvgIpc) is 3.16. The highest BCUT2D eigenvalue weighted by Gasteiger charge is 2.26. The van der Waals surface area contributed by atoms with Crippen molar-refractivity contribution < 1.29 is 14.0 Å². The molecular formula is C16H17FN4O2S. The first-order chi connectivity index (χ1) is 11.6. The van der Waals surface area contributed by atoms with Crippen molar-refractivity contribution in [2.75, 3.05) is 11.9 Å². The molecule has 0 bridgehead atoms. The molecule has 0 aliphatic carbocycles. The van der Waals surface area contributed by atoms with Crippen LogP contribution in [0.4, 0.5) is 10.2 Å². The lowest BCUT2D eigenvalue weighted by Gasteiger charge is -2.11. The van der Waals surface area contributed by atoms with E-state index in [2.05, 4.69) is 15.7 Å². The molecule has 126 valence electrons. The Bertz CT molecular complexity index is 773. The smallest absolute Gasteiger partial charge is 0.314 e. The fourth-order valence-corrected chi connectivity index (χ4v) is 3.43. The van der Waals surface area contributed by atoms with E-state index in [0.29, 0.717) is 23.8 Å².